The van der Waals surface area contributed by atoms with Crippen LogP contribution in [0.1, 0.15) is 61.4 Å². The summed E-state index contributed by atoms with van der Waals surface area (Å²) in [5, 5.41) is 4.54. The monoisotopic (exact) mass is 285 g/mol. The Kier molecular flexibility index (Phi) is 5.26. The summed E-state index contributed by atoms with van der Waals surface area (Å²) in [5.74, 6) is 0.0437. The predicted octanol–water partition coefficient (Wildman–Crippen LogP) is 3.63. The molecule has 0 saturated carbocycles. The van der Waals surface area contributed by atoms with Gasteiger partial charge >= 0.3 is 0 Å². The normalized spacial score (nSPS) is 11.0. The van der Waals surface area contributed by atoms with Crippen molar-refractivity contribution in [3.63, 3.8) is 0 Å². The van der Waals surface area contributed by atoms with Gasteiger partial charge in [-0.05, 0) is 37.0 Å². The van der Waals surface area contributed by atoms with Crippen molar-refractivity contribution < 1.29 is 4.79 Å². The van der Waals surface area contributed by atoms with Gasteiger partial charge in [0.25, 0.3) is 0 Å². The summed E-state index contributed by atoms with van der Waals surface area (Å²) in [4.78, 5) is 16.6. The van der Waals surface area contributed by atoms with Crippen molar-refractivity contribution >= 4 is 5.78 Å². The van der Waals surface area contributed by atoms with Crippen LogP contribution in [0.5, 0.6) is 0 Å². The largest absolute Gasteiger partial charge is 0.292 e. The molecule has 0 fully saturated rings. The van der Waals surface area contributed by atoms with Crippen molar-refractivity contribution in [1.82, 2.24) is 14.8 Å². The van der Waals surface area contributed by atoms with Gasteiger partial charge < -0.3 is 0 Å². The highest BCUT2D eigenvalue weighted by Crippen LogP contribution is 2.16. The molecule has 0 aliphatic carbocycles. The molecule has 0 atom stereocenters. The Hall–Kier alpha value is -1.97. The van der Waals surface area contributed by atoms with E-state index in [1.54, 1.807) is 6.20 Å². The number of aromatic nitrogens is 3. The number of carbonyl (C=O) groups is 1. The average Bonchev–Trinajstić information content (AvgIpc) is 2.96. The van der Waals surface area contributed by atoms with Gasteiger partial charge in [-0.25, -0.2) is 0 Å². The SMILES string of the molecule is CCc1cccnc1C(=O)Cc1ccn(C(CC)CC)n1. The molecule has 4 nitrogen and oxygen atoms in total. The molecule has 0 radical (unpaired) electrons. The van der Waals surface area contributed by atoms with E-state index < -0.39 is 0 Å². The minimum absolute atomic E-state index is 0.0437. The fourth-order valence-electron chi connectivity index (χ4n) is 2.56. The zero-order chi connectivity index (χ0) is 15.2. The molecule has 0 spiro atoms. The Morgan fingerprint density at radius 2 is 2.00 bits per heavy atom. The van der Waals surface area contributed by atoms with Crippen LogP contribution in [0.25, 0.3) is 0 Å². The average molecular weight is 285 g/mol. The molecule has 0 aliphatic rings. The van der Waals surface area contributed by atoms with Gasteiger partial charge in [0.2, 0.25) is 0 Å². The van der Waals surface area contributed by atoms with E-state index in [1.165, 1.54) is 0 Å². The van der Waals surface area contributed by atoms with Crippen LogP contribution in [-0.4, -0.2) is 20.5 Å². The molecule has 2 rings (SSSR count). The van der Waals surface area contributed by atoms with Crippen LogP contribution >= 0.6 is 0 Å². The first-order valence-electron chi connectivity index (χ1n) is 7.70. The molecular formula is C17H23N3O. The fraction of sp³-hybridized carbons (Fsp3) is 0.471. The lowest BCUT2D eigenvalue weighted by Gasteiger charge is -2.12. The van der Waals surface area contributed by atoms with E-state index >= 15 is 0 Å². The first-order chi connectivity index (χ1) is 10.2. The molecule has 21 heavy (non-hydrogen) atoms. The third kappa shape index (κ3) is 3.57. The Morgan fingerprint density at radius 1 is 1.24 bits per heavy atom. The molecule has 0 aromatic carbocycles. The van der Waals surface area contributed by atoms with Gasteiger partial charge in [-0.1, -0.05) is 26.8 Å². The van der Waals surface area contributed by atoms with Gasteiger partial charge in [0.15, 0.2) is 5.78 Å². The maximum atomic E-state index is 12.4. The third-order valence-corrected chi connectivity index (χ3v) is 3.86. The van der Waals surface area contributed by atoms with E-state index in [2.05, 4.69) is 23.9 Å². The fourth-order valence-corrected chi connectivity index (χ4v) is 2.56. The summed E-state index contributed by atoms with van der Waals surface area (Å²) in [6.07, 6.45) is 6.88. The minimum Gasteiger partial charge on any atom is -0.292 e. The van der Waals surface area contributed by atoms with E-state index in [0.29, 0.717) is 18.2 Å². The molecule has 0 unspecified atom stereocenters. The van der Waals surface area contributed by atoms with Crippen molar-refractivity contribution in [2.24, 2.45) is 0 Å². The smallest absolute Gasteiger partial charge is 0.187 e. The van der Waals surface area contributed by atoms with E-state index in [1.807, 2.05) is 36.0 Å². The number of ketones is 1. The number of nitrogens with zero attached hydrogens (tertiary/aromatic N) is 3. The van der Waals surface area contributed by atoms with Crippen molar-refractivity contribution in [3.8, 4) is 0 Å². The second kappa shape index (κ2) is 7.16. The number of carbonyl (C=O) groups excluding carboxylic acids is 1. The van der Waals surface area contributed by atoms with Crippen molar-refractivity contribution in [2.75, 3.05) is 0 Å². The Labute approximate surface area is 126 Å². The van der Waals surface area contributed by atoms with Crippen molar-refractivity contribution in [2.45, 2.75) is 52.5 Å². The Balaban J connectivity index is 2.13. The van der Waals surface area contributed by atoms with Crippen LogP contribution in [0, 0.1) is 0 Å². The number of hydrogen-bond acceptors (Lipinski definition) is 3. The summed E-state index contributed by atoms with van der Waals surface area (Å²) >= 11 is 0. The molecular weight excluding hydrogens is 262 g/mol. The molecule has 0 amide bonds. The highest BCUT2D eigenvalue weighted by Gasteiger charge is 2.15. The Bertz CT molecular complexity index is 600. The molecule has 0 N–H and O–H groups in total. The predicted molar refractivity (Wildman–Crippen MR) is 83.5 cm³/mol. The first kappa shape index (κ1) is 15.4. The lowest BCUT2D eigenvalue weighted by Crippen LogP contribution is -2.11. The van der Waals surface area contributed by atoms with Gasteiger partial charge in [0.05, 0.1) is 18.2 Å². The van der Waals surface area contributed by atoms with Gasteiger partial charge in [0, 0.05) is 12.4 Å². The summed E-state index contributed by atoms with van der Waals surface area (Å²) in [6, 6.07) is 6.18. The highest BCUT2D eigenvalue weighted by atomic mass is 16.1. The lowest BCUT2D eigenvalue weighted by molar-refractivity contribution is 0.0986. The zero-order valence-corrected chi connectivity index (χ0v) is 13.0. The van der Waals surface area contributed by atoms with E-state index in [-0.39, 0.29) is 5.78 Å². The van der Waals surface area contributed by atoms with Gasteiger partial charge in [0.1, 0.15) is 5.69 Å². The van der Waals surface area contributed by atoms with Crippen LogP contribution < -0.4 is 0 Å². The summed E-state index contributed by atoms with van der Waals surface area (Å²) < 4.78 is 1.97. The quantitative estimate of drug-likeness (QED) is 0.730. The molecule has 0 aliphatic heterocycles. The number of Topliss-reactive ketones (excluding diaryl/α,β-unsaturated/α-hetero) is 1. The van der Waals surface area contributed by atoms with Crippen molar-refractivity contribution in [3.05, 3.63) is 47.5 Å². The van der Waals surface area contributed by atoms with Crippen LogP contribution in [0.15, 0.2) is 30.6 Å². The van der Waals surface area contributed by atoms with Gasteiger partial charge in [-0.15, -0.1) is 0 Å². The minimum atomic E-state index is 0.0437. The first-order valence-corrected chi connectivity index (χ1v) is 7.70. The molecule has 2 aromatic rings. The van der Waals surface area contributed by atoms with Crippen LogP contribution in [-0.2, 0) is 12.8 Å². The third-order valence-electron chi connectivity index (χ3n) is 3.86. The topological polar surface area (TPSA) is 47.8 Å². The zero-order valence-electron chi connectivity index (χ0n) is 13.0. The molecule has 4 heteroatoms. The van der Waals surface area contributed by atoms with E-state index in [4.69, 9.17) is 0 Å². The second-order valence-corrected chi connectivity index (χ2v) is 5.22. The summed E-state index contributed by atoms with van der Waals surface area (Å²) in [6.45, 7) is 6.35. The maximum absolute atomic E-state index is 12.4. The second-order valence-electron chi connectivity index (χ2n) is 5.22. The highest BCUT2D eigenvalue weighted by molar-refractivity contribution is 5.96. The molecule has 2 heterocycles. The van der Waals surface area contributed by atoms with E-state index in [9.17, 15) is 4.79 Å². The number of pyridine rings is 1. The molecule has 0 saturated heterocycles. The van der Waals surface area contributed by atoms with E-state index in [0.717, 1.165) is 30.5 Å². The lowest BCUT2D eigenvalue weighted by atomic mass is 10.1. The van der Waals surface area contributed by atoms with Gasteiger partial charge in [-0.3, -0.25) is 14.5 Å². The van der Waals surface area contributed by atoms with Crippen LogP contribution in [0.3, 0.4) is 0 Å². The van der Waals surface area contributed by atoms with Gasteiger partial charge in [-0.2, -0.15) is 5.10 Å². The summed E-state index contributed by atoms with van der Waals surface area (Å²) in [5.41, 5.74) is 2.40. The standard InChI is InChI=1S/C17H23N3O/c1-4-13-8-7-10-18-17(13)16(21)12-14-9-11-20(19-14)15(5-2)6-3/h7-11,15H,4-6,12H2,1-3H3. The number of hydrogen-bond donors (Lipinski definition) is 0. The number of aryl methyl sites for hydroxylation is 1. The molecule has 0 bridgehead atoms. The molecule has 2 aromatic heterocycles. The molecule has 112 valence electrons. The Morgan fingerprint density at radius 3 is 2.67 bits per heavy atom. The number of rotatable bonds is 7. The van der Waals surface area contributed by atoms with Crippen LogP contribution in [0.4, 0.5) is 0 Å². The maximum Gasteiger partial charge on any atom is 0.187 e. The van der Waals surface area contributed by atoms with Crippen LogP contribution in [0.2, 0.25) is 0 Å². The van der Waals surface area contributed by atoms with Crippen molar-refractivity contribution in [1.29, 1.82) is 0 Å². The summed E-state index contributed by atoms with van der Waals surface area (Å²) in [7, 11) is 0.